The average Bonchev–Trinajstić information content (AvgIpc) is 2.82. The van der Waals surface area contributed by atoms with E-state index in [9.17, 15) is 14.4 Å². The van der Waals surface area contributed by atoms with Crippen LogP contribution in [0.4, 0.5) is 4.79 Å². The predicted octanol–water partition coefficient (Wildman–Crippen LogP) is 3.69. The molecule has 0 radical (unpaired) electrons. The minimum absolute atomic E-state index is 0.0910. The van der Waals surface area contributed by atoms with Gasteiger partial charge in [-0.15, -0.1) is 0 Å². The van der Waals surface area contributed by atoms with E-state index in [1.165, 1.54) is 0 Å². The molecule has 0 heterocycles. The van der Waals surface area contributed by atoms with Crippen LogP contribution < -0.4 is 16.4 Å². The molecular formula is C27H31N3O4. The fourth-order valence-corrected chi connectivity index (χ4v) is 3.80. The molecule has 3 aromatic rings. The van der Waals surface area contributed by atoms with Crippen molar-refractivity contribution in [2.24, 2.45) is 11.7 Å². The number of hydrogen-bond acceptors (Lipinski definition) is 4. The highest BCUT2D eigenvalue weighted by molar-refractivity contribution is 5.92. The van der Waals surface area contributed by atoms with Gasteiger partial charge in [-0.3, -0.25) is 9.59 Å². The number of ether oxygens (including phenoxy) is 1. The summed E-state index contributed by atoms with van der Waals surface area (Å²) < 4.78 is 5.26. The van der Waals surface area contributed by atoms with Gasteiger partial charge in [0.15, 0.2) is 0 Å². The topological polar surface area (TPSA) is 111 Å². The van der Waals surface area contributed by atoms with Crippen molar-refractivity contribution in [2.75, 3.05) is 0 Å². The Hall–Kier alpha value is -3.87. The molecule has 3 rings (SSSR count). The van der Waals surface area contributed by atoms with Crippen LogP contribution in [0.25, 0.3) is 10.8 Å². The Kier molecular flexibility index (Phi) is 8.62. The molecule has 0 saturated carbocycles. The second kappa shape index (κ2) is 11.8. The number of primary amides is 1. The molecule has 0 saturated heterocycles. The normalized spacial score (nSPS) is 12.7. The monoisotopic (exact) mass is 461 g/mol. The van der Waals surface area contributed by atoms with Crippen molar-refractivity contribution in [3.8, 4) is 0 Å². The Morgan fingerprint density at radius 3 is 2.24 bits per heavy atom. The zero-order chi connectivity index (χ0) is 24.5. The number of alkyl carbamates (subject to hydrolysis) is 1. The first-order valence-electron chi connectivity index (χ1n) is 11.4. The molecule has 0 aromatic heterocycles. The second-order valence-corrected chi connectivity index (χ2v) is 8.69. The molecule has 0 fully saturated rings. The summed E-state index contributed by atoms with van der Waals surface area (Å²) in [5.41, 5.74) is 7.37. The molecule has 0 bridgehead atoms. The third kappa shape index (κ3) is 7.07. The molecule has 0 unspecified atom stereocenters. The highest BCUT2D eigenvalue weighted by atomic mass is 16.5. The molecule has 0 aliphatic rings. The van der Waals surface area contributed by atoms with E-state index < -0.39 is 30.0 Å². The Morgan fingerprint density at radius 1 is 0.853 bits per heavy atom. The summed E-state index contributed by atoms with van der Waals surface area (Å²) in [6.07, 6.45) is -0.0734. The molecule has 4 N–H and O–H groups in total. The van der Waals surface area contributed by atoms with Crippen molar-refractivity contribution < 1.29 is 19.1 Å². The first kappa shape index (κ1) is 24.8. The van der Waals surface area contributed by atoms with Crippen LogP contribution in [0, 0.1) is 5.92 Å². The molecule has 3 aromatic carbocycles. The van der Waals surface area contributed by atoms with E-state index in [1.807, 2.05) is 86.6 Å². The fraction of sp³-hybridized carbons (Fsp3) is 0.296. The maximum atomic E-state index is 13.1. The van der Waals surface area contributed by atoms with Crippen molar-refractivity contribution in [1.29, 1.82) is 0 Å². The maximum absolute atomic E-state index is 13.1. The molecule has 0 aliphatic carbocycles. The van der Waals surface area contributed by atoms with Gasteiger partial charge in [-0.2, -0.15) is 0 Å². The molecule has 7 nitrogen and oxygen atoms in total. The lowest BCUT2D eigenvalue weighted by molar-refractivity contribution is -0.128. The van der Waals surface area contributed by atoms with Crippen LogP contribution in [0.3, 0.4) is 0 Å². The van der Waals surface area contributed by atoms with Crippen molar-refractivity contribution in [2.45, 2.75) is 45.4 Å². The van der Waals surface area contributed by atoms with Crippen molar-refractivity contribution in [1.82, 2.24) is 10.6 Å². The summed E-state index contributed by atoms with van der Waals surface area (Å²) in [4.78, 5) is 37.6. The SMILES string of the molecule is CC(C)C[C@H](NC(=O)OCc1ccccc1)C(=O)N[C@@H](Cc1cccc2ccccc12)C(N)=O. The zero-order valence-corrected chi connectivity index (χ0v) is 19.5. The highest BCUT2D eigenvalue weighted by Gasteiger charge is 2.27. The number of carbonyl (C=O) groups excluding carboxylic acids is 3. The van der Waals surface area contributed by atoms with E-state index in [4.69, 9.17) is 10.5 Å². The average molecular weight is 462 g/mol. The standard InChI is InChI=1S/C27H31N3O4/c1-18(2)15-24(30-27(33)34-17-19-9-4-3-5-10-19)26(32)29-23(25(28)31)16-21-13-8-12-20-11-6-7-14-22(20)21/h3-14,18,23-24H,15-17H2,1-2H3,(H2,28,31)(H,29,32)(H,30,33)/t23-,24-/m0/s1. The molecule has 0 spiro atoms. The van der Waals surface area contributed by atoms with Gasteiger partial charge >= 0.3 is 6.09 Å². The number of amides is 3. The van der Waals surface area contributed by atoms with E-state index >= 15 is 0 Å². The fourth-order valence-electron chi connectivity index (χ4n) is 3.80. The molecule has 0 aliphatic heterocycles. The van der Waals surface area contributed by atoms with E-state index in [1.54, 1.807) is 0 Å². The Labute approximate surface area is 199 Å². The predicted molar refractivity (Wildman–Crippen MR) is 132 cm³/mol. The number of benzene rings is 3. The molecular weight excluding hydrogens is 430 g/mol. The van der Waals surface area contributed by atoms with Gasteiger partial charge in [0.05, 0.1) is 0 Å². The minimum Gasteiger partial charge on any atom is -0.445 e. The van der Waals surface area contributed by atoms with Gasteiger partial charge < -0.3 is 21.1 Å². The molecule has 178 valence electrons. The third-order valence-corrected chi connectivity index (χ3v) is 5.49. The van der Waals surface area contributed by atoms with Gasteiger partial charge in [-0.25, -0.2) is 4.79 Å². The smallest absolute Gasteiger partial charge is 0.408 e. The summed E-state index contributed by atoms with van der Waals surface area (Å²) in [5, 5.41) is 7.39. The van der Waals surface area contributed by atoms with Gasteiger partial charge in [0, 0.05) is 6.42 Å². The quantitative estimate of drug-likeness (QED) is 0.428. The van der Waals surface area contributed by atoms with Crippen molar-refractivity contribution in [3.05, 3.63) is 83.9 Å². The summed E-state index contributed by atoms with van der Waals surface area (Å²) in [7, 11) is 0. The van der Waals surface area contributed by atoms with Crippen LogP contribution in [0.5, 0.6) is 0 Å². The van der Waals surface area contributed by atoms with Crippen LogP contribution >= 0.6 is 0 Å². The van der Waals surface area contributed by atoms with Gasteiger partial charge in [0.2, 0.25) is 11.8 Å². The number of nitrogens with two attached hydrogens (primary N) is 1. The van der Waals surface area contributed by atoms with Crippen molar-refractivity contribution >= 4 is 28.7 Å². The Balaban J connectivity index is 1.67. The Morgan fingerprint density at radius 2 is 1.53 bits per heavy atom. The summed E-state index contributed by atoms with van der Waals surface area (Å²) in [5.74, 6) is -0.999. The highest BCUT2D eigenvalue weighted by Crippen LogP contribution is 2.20. The summed E-state index contributed by atoms with van der Waals surface area (Å²) in [6, 6.07) is 21.1. The van der Waals surface area contributed by atoms with Crippen LogP contribution in [-0.4, -0.2) is 30.0 Å². The van der Waals surface area contributed by atoms with E-state index in [-0.39, 0.29) is 18.9 Å². The number of nitrogens with one attached hydrogen (secondary N) is 2. The lowest BCUT2D eigenvalue weighted by atomic mass is 9.97. The van der Waals surface area contributed by atoms with Crippen LogP contribution in [-0.2, 0) is 27.4 Å². The first-order valence-corrected chi connectivity index (χ1v) is 11.4. The lowest BCUT2D eigenvalue weighted by Crippen LogP contribution is -2.54. The third-order valence-electron chi connectivity index (χ3n) is 5.49. The zero-order valence-electron chi connectivity index (χ0n) is 19.5. The molecule has 34 heavy (non-hydrogen) atoms. The number of rotatable bonds is 10. The molecule has 3 amide bonds. The summed E-state index contributed by atoms with van der Waals surface area (Å²) >= 11 is 0. The lowest BCUT2D eigenvalue weighted by Gasteiger charge is -2.23. The second-order valence-electron chi connectivity index (χ2n) is 8.69. The van der Waals surface area contributed by atoms with Crippen molar-refractivity contribution in [3.63, 3.8) is 0 Å². The Bertz CT molecular complexity index is 1130. The van der Waals surface area contributed by atoms with E-state index in [2.05, 4.69) is 10.6 Å². The largest absolute Gasteiger partial charge is 0.445 e. The maximum Gasteiger partial charge on any atom is 0.408 e. The van der Waals surface area contributed by atoms with Gasteiger partial charge in [0.1, 0.15) is 18.7 Å². The van der Waals surface area contributed by atoms with Crippen LogP contribution in [0.15, 0.2) is 72.8 Å². The van der Waals surface area contributed by atoms with Gasteiger partial charge in [-0.1, -0.05) is 86.6 Å². The van der Waals surface area contributed by atoms with Crippen LogP contribution in [0.2, 0.25) is 0 Å². The van der Waals surface area contributed by atoms with E-state index in [0.717, 1.165) is 21.9 Å². The number of fused-ring (bicyclic) bond motifs is 1. The molecule has 7 heteroatoms. The number of carbonyl (C=O) groups is 3. The molecule has 2 atom stereocenters. The first-order chi connectivity index (χ1) is 16.3. The summed E-state index contributed by atoms with van der Waals surface area (Å²) in [6.45, 7) is 3.98. The van der Waals surface area contributed by atoms with Gasteiger partial charge in [0.25, 0.3) is 0 Å². The van der Waals surface area contributed by atoms with E-state index in [0.29, 0.717) is 6.42 Å². The van der Waals surface area contributed by atoms with Crippen LogP contribution in [0.1, 0.15) is 31.4 Å². The number of hydrogen-bond donors (Lipinski definition) is 3. The minimum atomic E-state index is -0.921. The van der Waals surface area contributed by atoms with Gasteiger partial charge in [-0.05, 0) is 34.2 Å².